The maximum atomic E-state index is 11.3. The summed E-state index contributed by atoms with van der Waals surface area (Å²) in [4.78, 5) is 16.6. The molecule has 2 N–H and O–H groups in total. The Morgan fingerprint density at radius 2 is 2.24 bits per heavy atom. The molecule has 4 heteroatoms. The van der Waals surface area contributed by atoms with Gasteiger partial charge in [0.2, 0.25) is 0 Å². The normalized spacial score (nSPS) is 20.4. The molecule has 1 aromatic heterocycles. The van der Waals surface area contributed by atoms with E-state index in [4.69, 9.17) is 0 Å². The van der Waals surface area contributed by atoms with Gasteiger partial charge in [-0.2, -0.15) is 0 Å². The number of aliphatic carboxylic acids is 1. The summed E-state index contributed by atoms with van der Waals surface area (Å²) >= 11 is 0. The van der Waals surface area contributed by atoms with E-state index in [-0.39, 0.29) is 0 Å². The summed E-state index contributed by atoms with van der Waals surface area (Å²) in [5.74, 6) is -1.21. The van der Waals surface area contributed by atoms with Crippen molar-refractivity contribution in [3.8, 4) is 0 Å². The van der Waals surface area contributed by atoms with Crippen LogP contribution in [0.25, 0.3) is 10.9 Å². The Bertz CT molecular complexity index is 588. The molecule has 0 saturated heterocycles. The smallest absolute Gasteiger partial charge is 0.313 e. The summed E-state index contributed by atoms with van der Waals surface area (Å²) in [6, 6.07) is 7.99. The quantitative estimate of drug-likeness (QED) is 0.785. The molecule has 0 spiro atoms. The topological polar surface area (TPSA) is 56.3 Å². The van der Waals surface area contributed by atoms with Gasteiger partial charge in [0.1, 0.15) is 5.92 Å². The Balaban J connectivity index is 2.24. The Morgan fingerprint density at radius 3 is 3.00 bits per heavy atom. The molecule has 2 heterocycles. The lowest BCUT2D eigenvalue weighted by atomic mass is 9.95. The van der Waals surface area contributed by atoms with Gasteiger partial charge in [-0.15, -0.1) is 0 Å². The molecule has 1 atom stereocenters. The predicted octanol–water partition coefficient (Wildman–Crippen LogP) is 1.78. The minimum absolute atomic E-state index is 0.448. The van der Waals surface area contributed by atoms with Gasteiger partial charge in [0.05, 0.1) is 0 Å². The third kappa shape index (κ3) is 1.52. The van der Waals surface area contributed by atoms with Crippen molar-refractivity contribution >= 4 is 16.9 Å². The van der Waals surface area contributed by atoms with Crippen molar-refractivity contribution < 1.29 is 9.90 Å². The zero-order valence-electron chi connectivity index (χ0n) is 9.60. The van der Waals surface area contributed by atoms with Gasteiger partial charge in [-0.25, -0.2) is 0 Å². The van der Waals surface area contributed by atoms with Crippen LogP contribution >= 0.6 is 0 Å². The van der Waals surface area contributed by atoms with Crippen LogP contribution in [0.4, 0.5) is 0 Å². The fraction of sp³-hybridized carbons (Fsp3) is 0.308. The molecule has 1 aromatic carbocycles. The number of benzene rings is 1. The van der Waals surface area contributed by atoms with E-state index in [1.807, 2.05) is 31.3 Å². The van der Waals surface area contributed by atoms with E-state index in [0.717, 1.165) is 28.7 Å². The lowest BCUT2D eigenvalue weighted by Gasteiger charge is -2.27. The van der Waals surface area contributed by atoms with E-state index in [2.05, 4.69) is 9.88 Å². The predicted molar refractivity (Wildman–Crippen MR) is 65.0 cm³/mol. The van der Waals surface area contributed by atoms with Crippen LogP contribution in [0, 0.1) is 0 Å². The number of fused-ring (bicyclic) bond motifs is 3. The van der Waals surface area contributed by atoms with Crippen LogP contribution in [-0.2, 0) is 11.3 Å². The summed E-state index contributed by atoms with van der Waals surface area (Å²) in [7, 11) is 1.96. The minimum Gasteiger partial charge on any atom is -0.481 e. The van der Waals surface area contributed by atoms with Crippen molar-refractivity contribution in [1.82, 2.24) is 9.88 Å². The second-order valence-electron chi connectivity index (χ2n) is 4.65. The largest absolute Gasteiger partial charge is 0.481 e. The molecule has 0 fully saturated rings. The van der Waals surface area contributed by atoms with Crippen molar-refractivity contribution in [2.24, 2.45) is 0 Å². The summed E-state index contributed by atoms with van der Waals surface area (Å²) in [6.07, 6.45) is 0. The van der Waals surface area contributed by atoms with Crippen molar-refractivity contribution in [2.75, 3.05) is 13.6 Å². The number of nitrogens with one attached hydrogen (secondary N) is 1. The number of rotatable bonds is 1. The number of carbonyl (C=O) groups is 1. The lowest BCUT2D eigenvalue weighted by Crippen LogP contribution is -2.34. The first-order chi connectivity index (χ1) is 8.16. The van der Waals surface area contributed by atoms with Gasteiger partial charge in [0.25, 0.3) is 0 Å². The van der Waals surface area contributed by atoms with Crippen molar-refractivity contribution in [2.45, 2.75) is 12.5 Å². The molecular weight excluding hydrogens is 216 g/mol. The highest BCUT2D eigenvalue weighted by molar-refractivity contribution is 5.88. The molecule has 0 radical (unpaired) electrons. The molecule has 88 valence electrons. The summed E-state index contributed by atoms with van der Waals surface area (Å²) in [6.45, 7) is 1.37. The highest BCUT2D eigenvalue weighted by Crippen LogP contribution is 2.33. The van der Waals surface area contributed by atoms with E-state index in [9.17, 15) is 9.90 Å². The van der Waals surface area contributed by atoms with E-state index in [0.29, 0.717) is 6.54 Å². The lowest BCUT2D eigenvalue weighted by molar-refractivity contribution is -0.139. The minimum atomic E-state index is -0.760. The molecule has 4 nitrogen and oxygen atoms in total. The first kappa shape index (κ1) is 10.4. The van der Waals surface area contributed by atoms with Crippen LogP contribution in [0.1, 0.15) is 17.2 Å². The molecule has 0 aliphatic carbocycles. The van der Waals surface area contributed by atoms with E-state index < -0.39 is 11.9 Å². The Labute approximate surface area is 98.9 Å². The highest BCUT2D eigenvalue weighted by Gasteiger charge is 2.31. The number of H-pyrrole nitrogens is 1. The van der Waals surface area contributed by atoms with Crippen LogP contribution in [-0.4, -0.2) is 34.6 Å². The molecular formula is C13H14N2O2. The van der Waals surface area contributed by atoms with Crippen LogP contribution in [0.3, 0.4) is 0 Å². The number of para-hydroxylation sites is 1. The van der Waals surface area contributed by atoms with E-state index in [1.165, 1.54) is 0 Å². The second-order valence-corrected chi connectivity index (χ2v) is 4.65. The maximum Gasteiger partial charge on any atom is 0.313 e. The van der Waals surface area contributed by atoms with Crippen molar-refractivity contribution in [3.05, 3.63) is 35.5 Å². The van der Waals surface area contributed by atoms with Crippen LogP contribution in [0.5, 0.6) is 0 Å². The van der Waals surface area contributed by atoms with E-state index in [1.54, 1.807) is 0 Å². The van der Waals surface area contributed by atoms with Crippen molar-refractivity contribution in [1.29, 1.82) is 0 Å². The third-order valence-electron chi connectivity index (χ3n) is 3.42. The summed E-state index contributed by atoms with van der Waals surface area (Å²) < 4.78 is 0. The highest BCUT2D eigenvalue weighted by atomic mass is 16.4. The molecule has 1 aliphatic rings. The number of hydrogen-bond acceptors (Lipinski definition) is 2. The molecule has 0 amide bonds. The standard InChI is InChI=1S/C13H14N2O2/c1-15-6-9-8-4-2-3-5-11(8)14-12(9)10(7-15)13(16)17/h2-5,10,14H,6-7H2,1H3,(H,16,17). The Hall–Kier alpha value is -1.81. The van der Waals surface area contributed by atoms with Gasteiger partial charge < -0.3 is 15.0 Å². The number of aromatic nitrogens is 1. The summed E-state index contributed by atoms with van der Waals surface area (Å²) in [5.41, 5.74) is 3.03. The van der Waals surface area contributed by atoms with Crippen LogP contribution < -0.4 is 0 Å². The van der Waals surface area contributed by atoms with Gasteiger partial charge >= 0.3 is 5.97 Å². The Kier molecular flexibility index (Phi) is 2.19. The van der Waals surface area contributed by atoms with Crippen LogP contribution in [0.15, 0.2) is 24.3 Å². The fourth-order valence-corrected chi connectivity index (χ4v) is 2.63. The number of nitrogens with zero attached hydrogens (tertiary/aromatic N) is 1. The summed E-state index contributed by atoms with van der Waals surface area (Å²) in [5, 5.41) is 10.4. The van der Waals surface area contributed by atoms with Crippen LogP contribution in [0.2, 0.25) is 0 Å². The second kappa shape index (κ2) is 3.60. The molecule has 0 bridgehead atoms. The van der Waals surface area contributed by atoms with Gasteiger partial charge in [-0.1, -0.05) is 18.2 Å². The number of hydrogen-bond donors (Lipinski definition) is 2. The maximum absolute atomic E-state index is 11.3. The molecule has 1 unspecified atom stereocenters. The molecule has 2 aromatic rings. The van der Waals surface area contributed by atoms with Gasteiger partial charge in [0.15, 0.2) is 0 Å². The van der Waals surface area contributed by atoms with Gasteiger partial charge in [-0.05, 0) is 18.7 Å². The third-order valence-corrected chi connectivity index (χ3v) is 3.42. The van der Waals surface area contributed by atoms with E-state index >= 15 is 0 Å². The average Bonchev–Trinajstić information content (AvgIpc) is 2.66. The number of aromatic amines is 1. The monoisotopic (exact) mass is 230 g/mol. The average molecular weight is 230 g/mol. The first-order valence-electron chi connectivity index (χ1n) is 5.67. The SMILES string of the molecule is CN1Cc2c([nH]c3ccccc23)C(C(=O)O)C1. The molecule has 1 aliphatic heterocycles. The zero-order valence-corrected chi connectivity index (χ0v) is 9.60. The molecule has 0 saturated carbocycles. The van der Waals surface area contributed by atoms with Gasteiger partial charge in [0, 0.05) is 29.7 Å². The first-order valence-corrected chi connectivity index (χ1v) is 5.67. The number of likely N-dealkylation sites (N-methyl/N-ethyl adjacent to an activating group) is 1. The Morgan fingerprint density at radius 1 is 1.47 bits per heavy atom. The molecule has 17 heavy (non-hydrogen) atoms. The zero-order chi connectivity index (χ0) is 12.0. The van der Waals surface area contributed by atoms with Crippen molar-refractivity contribution in [3.63, 3.8) is 0 Å². The van der Waals surface area contributed by atoms with Gasteiger partial charge in [-0.3, -0.25) is 4.79 Å². The molecule has 3 rings (SSSR count). The number of carboxylic acids is 1. The fourth-order valence-electron chi connectivity index (χ4n) is 2.63. The number of carboxylic acid groups (broad SMARTS) is 1.